The van der Waals surface area contributed by atoms with Gasteiger partial charge >= 0.3 is 0 Å². The maximum absolute atomic E-state index is 14.1. The average Bonchev–Trinajstić information content (AvgIpc) is 2.49. The first-order chi connectivity index (χ1) is 11.0. The minimum absolute atomic E-state index is 0.0908. The predicted octanol–water partition coefficient (Wildman–Crippen LogP) is 4.68. The number of rotatable bonds is 7. The molecular weight excluding hydrogens is 293 g/mol. The van der Waals surface area contributed by atoms with Crippen molar-refractivity contribution in [1.82, 2.24) is 0 Å². The normalized spacial score (nSPS) is 12.3. The van der Waals surface area contributed by atoms with Crippen molar-refractivity contribution in [2.75, 3.05) is 6.61 Å². The first kappa shape index (κ1) is 17.3. The zero-order valence-corrected chi connectivity index (χ0v) is 13.9. The number of ether oxygens (including phenoxy) is 2. The highest BCUT2D eigenvalue weighted by Crippen LogP contribution is 2.34. The molecule has 0 aliphatic heterocycles. The third-order valence-electron chi connectivity index (χ3n) is 3.40. The summed E-state index contributed by atoms with van der Waals surface area (Å²) in [7, 11) is 0. The standard InChI is InChI=1S/C19H24FNO2/c1-13(2)11-15(21)12-22-18-6-4-5-17(20)19(18)23-16-9-7-14(3)8-10-16/h4-10,13,15H,11-12,21H2,1-3H3/t15-/m1/s1. The fraction of sp³-hybridized carbons (Fsp3) is 0.368. The first-order valence-electron chi connectivity index (χ1n) is 7.87. The summed E-state index contributed by atoms with van der Waals surface area (Å²) in [5.74, 6) is 1.06. The van der Waals surface area contributed by atoms with Crippen molar-refractivity contribution >= 4 is 0 Å². The molecule has 3 nitrogen and oxygen atoms in total. The minimum Gasteiger partial charge on any atom is -0.488 e. The third kappa shape index (κ3) is 5.25. The summed E-state index contributed by atoms with van der Waals surface area (Å²) in [4.78, 5) is 0. The van der Waals surface area contributed by atoms with Crippen LogP contribution in [-0.4, -0.2) is 12.6 Å². The second kappa shape index (κ2) is 7.97. The van der Waals surface area contributed by atoms with Crippen molar-refractivity contribution in [1.29, 1.82) is 0 Å². The molecule has 2 N–H and O–H groups in total. The summed E-state index contributed by atoms with van der Waals surface area (Å²) in [6, 6.07) is 12.0. The number of aryl methyl sites for hydroxylation is 1. The molecule has 0 aliphatic rings. The van der Waals surface area contributed by atoms with Crippen molar-refractivity contribution in [3.05, 3.63) is 53.8 Å². The van der Waals surface area contributed by atoms with Gasteiger partial charge in [0, 0.05) is 6.04 Å². The lowest BCUT2D eigenvalue weighted by atomic mass is 10.1. The van der Waals surface area contributed by atoms with Gasteiger partial charge in [0.1, 0.15) is 12.4 Å². The van der Waals surface area contributed by atoms with Crippen molar-refractivity contribution in [3.8, 4) is 17.2 Å². The Morgan fingerprint density at radius 2 is 1.78 bits per heavy atom. The lowest BCUT2D eigenvalue weighted by molar-refractivity contribution is 0.259. The lowest BCUT2D eigenvalue weighted by Gasteiger charge is -2.17. The van der Waals surface area contributed by atoms with Gasteiger partial charge < -0.3 is 15.2 Å². The van der Waals surface area contributed by atoms with E-state index in [-0.39, 0.29) is 11.8 Å². The zero-order chi connectivity index (χ0) is 16.8. The molecule has 0 aromatic heterocycles. The van der Waals surface area contributed by atoms with Gasteiger partial charge in [-0.1, -0.05) is 37.6 Å². The molecular formula is C19H24FNO2. The molecule has 23 heavy (non-hydrogen) atoms. The number of benzene rings is 2. The molecule has 124 valence electrons. The largest absolute Gasteiger partial charge is 0.488 e. The van der Waals surface area contributed by atoms with Crippen LogP contribution in [0.4, 0.5) is 4.39 Å². The van der Waals surface area contributed by atoms with E-state index in [1.165, 1.54) is 6.07 Å². The van der Waals surface area contributed by atoms with Gasteiger partial charge in [0.15, 0.2) is 11.6 Å². The van der Waals surface area contributed by atoms with E-state index in [1.807, 2.05) is 19.1 Å². The number of halogens is 1. The van der Waals surface area contributed by atoms with Gasteiger partial charge in [0.25, 0.3) is 0 Å². The maximum atomic E-state index is 14.1. The minimum atomic E-state index is -0.458. The van der Waals surface area contributed by atoms with Gasteiger partial charge in [-0.2, -0.15) is 0 Å². The van der Waals surface area contributed by atoms with E-state index in [9.17, 15) is 4.39 Å². The molecule has 1 atom stereocenters. The smallest absolute Gasteiger partial charge is 0.204 e. The average molecular weight is 317 g/mol. The Labute approximate surface area is 137 Å². The highest BCUT2D eigenvalue weighted by Gasteiger charge is 2.14. The van der Waals surface area contributed by atoms with Crippen LogP contribution < -0.4 is 15.2 Å². The summed E-state index contributed by atoms with van der Waals surface area (Å²) >= 11 is 0. The Hall–Kier alpha value is -2.07. The SMILES string of the molecule is Cc1ccc(Oc2c(F)cccc2OC[C@H](N)CC(C)C)cc1. The summed E-state index contributed by atoms with van der Waals surface area (Å²) in [6.45, 7) is 6.52. The molecule has 0 fully saturated rings. The number of nitrogens with two attached hydrogens (primary N) is 1. The molecule has 0 bridgehead atoms. The third-order valence-corrected chi connectivity index (χ3v) is 3.40. The molecule has 4 heteroatoms. The summed E-state index contributed by atoms with van der Waals surface area (Å²) < 4.78 is 25.5. The molecule has 0 radical (unpaired) electrons. The Bertz CT molecular complexity index is 626. The molecule has 0 heterocycles. The van der Waals surface area contributed by atoms with Crippen LogP contribution in [0.25, 0.3) is 0 Å². The fourth-order valence-corrected chi connectivity index (χ4v) is 2.30. The van der Waals surface area contributed by atoms with Crippen LogP contribution in [-0.2, 0) is 0 Å². The molecule has 0 saturated heterocycles. The summed E-state index contributed by atoms with van der Waals surface area (Å²) in [5, 5.41) is 0. The van der Waals surface area contributed by atoms with Crippen molar-refractivity contribution in [2.24, 2.45) is 11.7 Å². The number of hydrogen-bond acceptors (Lipinski definition) is 3. The number of para-hydroxylation sites is 1. The van der Waals surface area contributed by atoms with E-state index in [0.717, 1.165) is 12.0 Å². The van der Waals surface area contributed by atoms with E-state index < -0.39 is 5.82 Å². The van der Waals surface area contributed by atoms with Crippen LogP contribution in [0, 0.1) is 18.7 Å². The molecule has 0 saturated carbocycles. The Morgan fingerprint density at radius 3 is 2.43 bits per heavy atom. The summed E-state index contributed by atoms with van der Waals surface area (Å²) in [6.07, 6.45) is 0.851. The van der Waals surface area contributed by atoms with E-state index >= 15 is 0 Å². The second-order valence-electron chi connectivity index (χ2n) is 6.18. The van der Waals surface area contributed by atoms with Crippen LogP contribution in [0.2, 0.25) is 0 Å². The van der Waals surface area contributed by atoms with Crippen molar-refractivity contribution in [3.63, 3.8) is 0 Å². The lowest BCUT2D eigenvalue weighted by Crippen LogP contribution is -2.29. The Morgan fingerprint density at radius 1 is 1.09 bits per heavy atom. The fourth-order valence-electron chi connectivity index (χ4n) is 2.30. The molecule has 2 aromatic carbocycles. The van der Waals surface area contributed by atoms with E-state index in [1.54, 1.807) is 24.3 Å². The monoisotopic (exact) mass is 317 g/mol. The second-order valence-corrected chi connectivity index (χ2v) is 6.18. The highest BCUT2D eigenvalue weighted by molar-refractivity contribution is 5.44. The highest BCUT2D eigenvalue weighted by atomic mass is 19.1. The van der Waals surface area contributed by atoms with Crippen LogP contribution >= 0.6 is 0 Å². The molecule has 2 aromatic rings. The summed E-state index contributed by atoms with van der Waals surface area (Å²) in [5.41, 5.74) is 7.13. The molecule has 0 spiro atoms. The maximum Gasteiger partial charge on any atom is 0.204 e. The Balaban J connectivity index is 2.11. The molecule has 0 amide bonds. The molecule has 0 unspecified atom stereocenters. The number of hydrogen-bond donors (Lipinski definition) is 1. The van der Waals surface area contributed by atoms with Crippen LogP contribution in [0.15, 0.2) is 42.5 Å². The predicted molar refractivity (Wildman–Crippen MR) is 90.6 cm³/mol. The van der Waals surface area contributed by atoms with E-state index in [0.29, 0.717) is 24.0 Å². The van der Waals surface area contributed by atoms with E-state index in [2.05, 4.69) is 13.8 Å². The van der Waals surface area contributed by atoms with Gasteiger partial charge in [-0.25, -0.2) is 4.39 Å². The Kier molecular flexibility index (Phi) is 5.99. The topological polar surface area (TPSA) is 44.5 Å². The van der Waals surface area contributed by atoms with E-state index in [4.69, 9.17) is 15.2 Å². The van der Waals surface area contributed by atoms with Gasteiger partial charge in [0.05, 0.1) is 0 Å². The van der Waals surface area contributed by atoms with Crippen LogP contribution in [0.3, 0.4) is 0 Å². The van der Waals surface area contributed by atoms with Gasteiger partial charge in [-0.3, -0.25) is 0 Å². The van der Waals surface area contributed by atoms with Gasteiger partial charge in [-0.15, -0.1) is 0 Å². The first-order valence-corrected chi connectivity index (χ1v) is 7.87. The zero-order valence-electron chi connectivity index (χ0n) is 13.9. The van der Waals surface area contributed by atoms with Crippen molar-refractivity contribution < 1.29 is 13.9 Å². The van der Waals surface area contributed by atoms with Crippen molar-refractivity contribution in [2.45, 2.75) is 33.2 Å². The van der Waals surface area contributed by atoms with Crippen LogP contribution in [0.1, 0.15) is 25.8 Å². The van der Waals surface area contributed by atoms with Gasteiger partial charge in [0.2, 0.25) is 5.75 Å². The van der Waals surface area contributed by atoms with Crippen LogP contribution in [0.5, 0.6) is 17.2 Å². The van der Waals surface area contributed by atoms with Gasteiger partial charge in [-0.05, 0) is 43.5 Å². The molecule has 0 aliphatic carbocycles. The quantitative estimate of drug-likeness (QED) is 0.806. The molecule has 2 rings (SSSR count).